The zero-order chi connectivity index (χ0) is 24.6. The van der Waals surface area contributed by atoms with Crippen LogP contribution in [0.15, 0.2) is 83.2 Å². The van der Waals surface area contributed by atoms with Gasteiger partial charge in [-0.15, -0.1) is 6.58 Å². The zero-order valence-corrected chi connectivity index (χ0v) is 19.7. The van der Waals surface area contributed by atoms with Crippen molar-refractivity contribution in [2.75, 3.05) is 11.5 Å². The van der Waals surface area contributed by atoms with E-state index < -0.39 is 21.7 Å². The number of allylic oxidation sites excluding steroid dienone is 1. The monoisotopic (exact) mass is 511 g/mol. The second-order valence-corrected chi connectivity index (χ2v) is 10.2. The van der Waals surface area contributed by atoms with Gasteiger partial charge in [0.2, 0.25) is 6.79 Å². The van der Waals surface area contributed by atoms with E-state index in [0.29, 0.717) is 22.8 Å². The van der Waals surface area contributed by atoms with Gasteiger partial charge in [-0.05, 0) is 42.5 Å². The first-order valence-corrected chi connectivity index (χ1v) is 12.7. The smallest absolute Gasteiger partial charge is 0.279 e. The Kier molecular flexibility index (Phi) is 5.87. The number of sulfonamides is 1. The Bertz CT molecular complexity index is 1640. The van der Waals surface area contributed by atoms with Crippen LogP contribution >= 0.6 is 11.3 Å². The van der Waals surface area contributed by atoms with Crippen LogP contribution in [0.4, 0.5) is 10.1 Å². The van der Waals surface area contributed by atoms with Gasteiger partial charge < -0.3 is 14.0 Å². The molecule has 1 aliphatic heterocycles. The number of ether oxygens (including phenoxy) is 2. The Hall–Kier alpha value is -3.96. The van der Waals surface area contributed by atoms with Gasteiger partial charge in [0.25, 0.3) is 15.9 Å². The highest BCUT2D eigenvalue weighted by Gasteiger charge is 2.18. The van der Waals surface area contributed by atoms with Gasteiger partial charge in [-0.1, -0.05) is 23.5 Å². The Morgan fingerprint density at radius 3 is 2.63 bits per heavy atom. The summed E-state index contributed by atoms with van der Waals surface area (Å²) in [6.45, 7) is 4.36. The van der Waals surface area contributed by atoms with Crippen LogP contribution in [0.25, 0.3) is 10.2 Å². The number of halogens is 1. The van der Waals surface area contributed by atoms with E-state index in [4.69, 9.17) is 9.47 Å². The molecule has 35 heavy (non-hydrogen) atoms. The first-order valence-electron chi connectivity index (χ1n) is 10.4. The largest absolute Gasteiger partial charge is 0.454 e. The fourth-order valence-corrected chi connectivity index (χ4v) is 5.64. The highest BCUT2D eigenvalue weighted by atomic mass is 32.2. The Labute approximate surface area is 203 Å². The minimum absolute atomic E-state index is 0.101. The van der Waals surface area contributed by atoms with Gasteiger partial charge in [-0.25, -0.2) is 12.8 Å². The van der Waals surface area contributed by atoms with Gasteiger partial charge in [-0.3, -0.25) is 9.52 Å². The number of benzene rings is 3. The average Bonchev–Trinajstić information content (AvgIpc) is 3.42. The number of hydrogen-bond donors (Lipinski definition) is 1. The molecule has 0 unspecified atom stereocenters. The molecule has 178 valence electrons. The molecule has 8 nitrogen and oxygen atoms in total. The third-order valence-electron chi connectivity index (χ3n) is 5.17. The molecule has 0 spiro atoms. The minimum atomic E-state index is -3.96. The topological polar surface area (TPSA) is 99.0 Å². The van der Waals surface area contributed by atoms with Crippen LogP contribution in [-0.2, 0) is 16.6 Å². The van der Waals surface area contributed by atoms with Crippen molar-refractivity contribution in [1.82, 2.24) is 4.57 Å². The molecule has 3 aromatic carbocycles. The van der Waals surface area contributed by atoms with Crippen LogP contribution in [0.5, 0.6) is 11.5 Å². The molecule has 0 saturated carbocycles. The molecule has 4 aromatic rings. The lowest BCUT2D eigenvalue weighted by atomic mass is 10.2. The molecular weight excluding hydrogens is 493 g/mol. The molecule has 0 fully saturated rings. The van der Waals surface area contributed by atoms with Gasteiger partial charge in [0.1, 0.15) is 5.82 Å². The molecule has 1 N–H and O–H groups in total. The molecule has 0 aliphatic carbocycles. The number of anilines is 1. The third kappa shape index (κ3) is 4.55. The van der Waals surface area contributed by atoms with E-state index >= 15 is 0 Å². The predicted octanol–water partition coefficient (Wildman–Crippen LogP) is 4.30. The molecule has 0 saturated heterocycles. The summed E-state index contributed by atoms with van der Waals surface area (Å²) in [7, 11) is -3.96. The van der Waals surface area contributed by atoms with Crippen molar-refractivity contribution in [1.29, 1.82) is 0 Å². The van der Waals surface area contributed by atoms with Crippen molar-refractivity contribution in [2.24, 2.45) is 4.99 Å². The van der Waals surface area contributed by atoms with Crippen molar-refractivity contribution in [2.45, 2.75) is 11.4 Å². The van der Waals surface area contributed by atoms with Gasteiger partial charge in [0.15, 0.2) is 16.3 Å². The van der Waals surface area contributed by atoms with E-state index in [0.717, 1.165) is 34.5 Å². The predicted molar refractivity (Wildman–Crippen MR) is 130 cm³/mol. The normalized spacial score (nSPS) is 13.2. The molecule has 5 rings (SSSR count). The minimum Gasteiger partial charge on any atom is -0.454 e. The van der Waals surface area contributed by atoms with E-state index in [1.165, 1.54) is 23.5 Å². The number of hydrogen-bond acceptors (Lipinski definition) is 6. The number of carbonyl (C=O) groups is 1. The fourth-order valence-electron chi connectivity index (χ4n) is 3.55. The van der Waals surface area contributed by atoms with Gasteiger partial charge in [0.05, 0.1) is 15.1 Å². The summed E-state index contributed by atoms with van der Waals surface area (Å²) in [5.41, 5.74) is 1.20. The van der Waals surface area contributed by atoms with E-state index in [2.05, 4.69) is 16.3 Å². The molecule has 0 bridgehead atoms. The van der Waals surface area contributed by atoms with E-state index in [1.54, 1.807) is 18.2 Å². The fraction of sp³-hybridized carbons (Fsp3) is 0.0833. The lowest BCUT2D eigenvalue weighted by Crippen LogP contribution is -2.16. The summed E-state index contributed by atoms with van der Waals surface area (Å²) in [5, 5.41) is 0. The molecule has 0 radical (unpaired) electrons. The Balaban J connectivity index is 1.48. The average molecular weight is 512 g/mol. The van der Waals surface area contributed by atoms with Crippen LogP contribution in [0.3, 0.4) is 0 Å². The molecule has 2 heterocycles. The van der Waals surface area contributed by atoms with Crippen molar-refractivity contribution in [3.63, 3.8) is 0 Å². The van der Waals surface area contributed by atoms with Gasteiger partial charge >= 0.3 is 0 Å². The first-order chi connectivity index (χ1) is 16.8. The summed E-state index contributed by atoms with van der Waals surface area (Å²) in [4.78, 5) is 17.6. The maximum atomic E-state index is 13.1. The summed E-state index contributed by atoms with van der Waals surface area (Å²) in [6, 6.07) is 14.1. The summed E-state index contributed by atoms with van der Waals surface area (Å²) in [6.07, 6.45) is 1.70. The number of rotatable bonds is 6. The number of carbonyl (C=O) groups excluding carboxylic acids is 1. The maximum Gasteiger partial charge on any atom is 0.279 e. The highest BCUT2D eigenvalue weighted by Crippen LogP contribution is 2.37. The summed E-state index contributed by atoms with van der Waals surface area (Å²) < 4.78 is 54.4. The SMILES string of the molecule is C=CCn1c(=NC(=O)c2cccc(NS(=O)(=O)c3ccc(F)cc3)c2)sc2cc3c(cc21)OCO3. The molecule has 1 amide bonds. The molecule has 1 aromatic heterocycles. The quantitative estimate of drug-likeness (QED) is 0.389. The number of fused-ring (bicyclic) bond motifs is 2. The molecule has 11 heteroatoms. The maximum absolute atomic E-state index is 13.1. The van der Waals surface area contributed by atoms with Crippen molar-refractivity contribution < 1.29 is 27.1 Å². The Morgan fingerprint density at radius 2 is 1.89 bits per heavy atom. The second-order valence-electron chi connectivity index (χ2n) is 7.51. The molecule has 0 atom stereocenters. The van der Waals surface area contributed by atoms with Crippen molar-refractivity contribution >= 4 is 43.2 Å². The van der Waals surface area contributed by atoms with Crippen molar-refractivity contribution in [3.05, 3.63) is 89.5 Å². The van der Waals surface area contributed by atoms with Gasteiger partial charge in [-0.2, -0.15) is 4.99 Å². The third-order valence-corrected chi connectivity index (χ3v) is 7.61. The van der Waals surface area contributed by atoms with Crippen LogP contribution in [-0.4, -0.2) is 25.7 Å². The van der Waals surface area contributed by atoms with Crippen molar-refractivity contribution in [3.8, 4) is 11.5 Å². The van der Waals surface area contributed by atoms with Crippen LogP contribution in [0.2, 0.25) is 0 Å². The van der Waals surface area contributed by atoms with E-state index in [-0.39, 0.29) is 22.9 Å². The summed E-state index contributed by atoms with van der Waals surface area (Å²) in [5.74, 6) is 0.158. The second kappa shape index (κ2) is 9.01. The number of aromatic nitrogens is 1. The molecule has 1 aliphatic rings. The first kappa shape index (κ1) is 22.8. The van der Waals surface area contributed by atoms with Crippen LogP contribution in [0.1, 0.15) is 10.4 Å². The lowest BCUT2D eigenvalue weighted by Gasteiger charge is -2.09. The van der Waals surface area contributed by atoms with E-state index in [1.807, 2.05) is 16.7 Å². The van der Waals surface area contributed by atoms with Gasteiger partial charge in [0, 0.05) is 29.9 Å². The highest BCUT2D eigenvalue weighted by molar-refractivity contribution is 7.92. The number of nitrogens with zero attached hydrogens (tertiary/aromatic N) is 2. The van der Waals surface area contributed by atoms with Crippen LogP contribution in [0, 0.1) is 5.82 Å². The molecular formula is C24H18FN3O5S2. The number of nitrogens with one attached hydrogen (secondary N) is 1. The van der Waals surface area contributed by atoms with E-state index in [9.17, 15) is 17.6 Å². The number of amides is 1. The zero-order valence-electron chi connectivity index (χ0n) is 18.1. The number of thiazole rings is 1. The standard InChI is InChI=1S/C24H18FN3O5S2/c1-2-10-28-19-12-20-21(33-14-32-20)13-22(19)34-24(28)26-23(29)15-4-3-5-17(11-15)27-35(30,31)18-8-6-16(25)7-9-18/h2-9,11-13,27H,1,10,14H2. The Morgan fingerprint density at radius 1 is 1.14 bits per heavy atom. The van der Waals surface area contributed by atoms with Crippen LogP contribution < -0.4 is 19.0 Å². The summed E-state index contributed by atoms with van der Waals surface area (Å²) >= 11 is 1.32. The lowest BCUT2D eigenvalue weighted by molar-refractivity contribution is 0.0998.